The molecule has 1 aromatic rings. The molecule has 1 fully saturated rings. The van der Waals surface area contributed by atoms with Crippen molar-refractivity contribution >= 4 is 23.1 Å². The Bertz CT molecular complexity index is 511. The van der Waals surface area contributed by atoms with Crippen LogP contribution in [0.15, 0.2) is 6.20 Å². The van der Waals surface area contributed by atoms with Gasteiger partial charge in [0.05, 0.1) is 4.92 Å². The Labute approximate surface area is 123 Å². The van der Waals surface area contributed by atoms with Gasteiger partial charge in [0.2, 0.25) is 11.1 Å². The van der Waals surface area contributed by atoms with Gasteiger partial charge in [-0.15, -0.1) is 0 Å². The molecular weight excluding hydrogens is 280 g/mol. The number of nitro groups is 1. The number of hydrogen-bond donors (Lipinski definition) is 0. The Morgan fingerprint density at radius 3 is 2.60 bits per heavy atom. The molecule has 0 amide bonds. The number of rotatable bonds is 3. The fraction of sp³-hybridized carbons (Fsp3) is 0.692. The van der Waals surface area contributed by atoms with E-state index in [1.807, 2.05) is 11.9 Å². The Kier molecular flexibility index (Phi) is 4.13. The summed E-state index contributed by atoms with van der Waals surface area (Å²) in [7, 11) is 1.84. The molecule has 20 heavy (non-hydrogen) atoms. The van der Waals surface area contributed by atoms with Crippen molar-refractivity contribution in [1.82, 2.24) is 9.97 Å². The zero-order chi connectivity index (χ0) is 14.9. The van der Waals surface area contributed by atoms with Crippen LogP contribution in [0.1, 0.15) is 39.5 Å². The second kappa shape index (κ2) is 5.52. The van der Waals surface area contributed by atoms with Crippen LogP contribution in [-0.2, 0) is 0 Å². The van der Waals surface area contributed by atoms with Gasteiger partial charge >= 0.3 is 5.69 Å². The summed E-state index contributed by atoms with van der Waals surface area (Å²) in [6.45, 7) is 4.51. The Morgan fingerprint density at radius 2 is 2.05 bits per heavy atom. The molecule has 0 aromatic carbocycles. The first-order chi connectivity index (χ1) is 9.30. The van der Waals surface area contributed by atoms with E-state index >= 15 is 0 Å². The maximum absolute atomic E-state index is 11.1. The summed E-state index contributed by atoms with van der Waals surface area (Å²) in [5.41, 5.74) is 0.258. The molecule has 0 unspecified atom stereocenters. The molecule has 0 saturated heterocycles. The second-order valence-electron chi connectivity index (χ2n) is 6.11. The first kappa shape index (κ1) is 15.0. The maximum atomic E-state index is 11.1. The third kappa shape index (κ3) is 3.17. The van der Waals surface area contributed by atoms with Crippen LogP contribution >= 0.6 is 11.6 Å². The highest BCUT2D eigenvalue weighted by molar-refractivity contribution is 6.28. The minimum Gasteiger partial charge on any atom is -0.351 e. The van der Waals surface area contributed by atoms with Gasteiger partial charge in [-0.05, 0) is 42.7 Å². The standard InChI is InChI=1S/C13H19ClN4O2/c1-13(2)6-4-9(5-7-13)17(3)11-10(18(19)20)8-15-12(14)16-11/h8-9H,4-7H2,1-3H3. The van der Waals surface area contributed by atoms with Crippen LogP contribution in [0.25, 0.3) is 0 Å². The van der Waals surface area contributed by atoms with Crippen LogP contribution in [0, 0.1) is 15.5 Å². The lowest BCUT2D eigenvalue weighted by Crippen LogP contribution is -2.38. The summed E-state index contributed by atoms with van der Waals surface area (Å²) in [5.74, 6) is 0.305. The number of halogens is 1. The molecule has 0 N–H and O–H groups in total. The van der Waals surface area contributed by atoms with Crippen molar-refractivity contribution in [3.8, 4) is 0 Å². The lowest BCUT2D eigenvalue weighted by Gasteiger charge is -2.38. The summed E-state index contributed by atoms with van der Waals surface area (Å²) in [5, 5.41) is 11.1. The molecule has 0 aliphatic heterocycles. The fourth-order valence-electron chi connectivity index (χ4n) is 2.68. The number of hydrogen-bond acceptors (Lipinski definition) is 5. The van der Waals surface area contributed by atoms with Crippen LogP contribution in [0.2, 0.25) is 5.28 Å². The SMILES string of the molecule is CN(c1nc(Cl)ncc1[N+](=O)[O-])C1CCC(C)(C)CC1. The smallest absolute Gasteiger partial charge is 0.329 e. The van der Waals surface area contributed by atoms with Gasteiger partial charge in [-0.1, -0.05) is 13.8 Å². The van der Waals surface area contributed by atoms with Crippen LogP contribution in [0.3, 0.4) is 0 Å². The third-order valence-corrected chi connectivity index (χ3v) is 4.29. The Morgan fingerprint density at radius 1 is 1.45 bits per heavy atom. The second-order valence-corrected chi connectivity index (χ2v) is 6.45. The monoisotopic (exact) mass is 298 g/mol. The van der Waals surface area contributed by atoms with Gasteiger partial charge in [-0.3, -0.25) is 10.1 Å². The molecule has 1 aliphatic carbocycles. The van der Waals surface area contributed by atoms with Gasteiger partial charge in [-0.2, -0.15) is 4.98 Å². The summed E-state index contributed by atoms with van der Waals surface area (Å²) in [6, 6.07) is 0.257. The highest BCUT2D eigenvalue weighted by Gasteiger charge is 2.32. The van der Waals surface area contributed by atoms with Gasteiger partial charge in [0.15, 0.2) is 0 Å². The quantitative estimate of drug-likeness (QED) is 0.485. The van der Waals surface area contributed by atoms with Crippen molar-refractivity contribution in [3.05, 3.63) is 21.6 Å². The summed E-state index contributed by atoms with van der Waals surface area (Å²) < 4.78 is 0. The van der Waals surface area contributed by atoms with E-state index in [-0.39, 0.29) is 17.0 Å². The fourth-order valence-corrected chi connectivity index (χ4v) is 2.81. The number of anilines is 1. The van der Waals surface area contributed by atoms with Crippen molar-refractivity contribution in [1.29, 1.82) is 0 Å². The molecule has 7 heteroatoms. The normalized spacial score (nSPS) is 18.8. The van der Waals surface area contributed by atoms with Crippen LogP contribution in [0.4, 0.5) is 11.5 Å². The van der Waals surface area contributed by atoms with Crippen LogP contribution in [0.5, 0.6) is 0 Å². The Hall–Kier alpha value is -1.43. The summed E-state index contributed by atoms with van der Waals surface area (Å²) in [6.07, 6.45) is 5.39. The van der Waals surface area contributed by atoms with Gasteiger partial charge in [-0.25, -0.2) is 4.98 Å². The van der Waals surface area contributed by atoms with E-state index in [0.717, 1.165) is 25.7 Å². The van der Waals surface area contributed by atoms with Gasteiger partial charge in [0.25, 0.3) is 0 Å². The molecule has 2 rings (SSSR count). The summed E-state index contributed by atoms with van der Waals surface area (Å²) in [4.78, 5) is 20.2. The third-order valence-electron chi connectivity index (χ3n) is 4.11. The van der Waals surface area contributed by atoms with Crippen LogP contribution in [-0.4, -0.2) is 28.0 Å². The van der Waals surface area contributed by atoms with E-state index < -0.39 is 4.92 Å². The van der Waals surface area contributed by atoms with E-state index in [1.54, 1.807) is 0 Å². The molecule has 110 valence electrons. The van der Waals surface area contributed by atoms with Crippen molar-refractivity contribution in [2.24, 2.45) is 5.41 Å². The van der Waals surface area contributed by atoms with Crippen molar-refractivity contribution in [2.45, 2.75) is 45.6 Å². The molecule has 1 heterocycles. The lowest BCUT2D eigenvalue weighted by atomic mass is 9.75. The molecule has 1 aliphatic rings. The Balaban J connectivity index is 2.23. The average Bonchev–Trinajstić information content (AvgIpc) is 2.37. The molecule has 0 atom stereocenters. The molecule has 0 bridgehead atoms. The highest BCUT2D eigenvalue weighted by Crippen LogP contribution is 2.38. The zero-order valence-corrected chi connectivity index (χ0v) is 12.7. The van der Waals surface area contributed by atoms with E-state index in [9.17, 15) is 10.1 Å². The van der Waals surface area contributed by atoms with E-state index in [4.69, 9.17) is 11.6 Å². The van der Waals surface area contributed by atoms with Gasteiger partial charge in [0, 0.05) is 13.1 Å². The number of nitrogens with zero attached hydrogens (tertiary/aromatic N) is 4. The van der Waals surface area contributed by atoms with Crippen molar-refractivity contribution in [3.63, 3.8) is 0 Å². The largest absolute Gasteiger partial charge is 0.351 e. The molecular formula is C13H19ClN4O2. The predicted molar refractivity (Wildman–Crippen MR) is 78.1 cm³/mol. The zero-order valence-electron chi connectivity index (χ0n) is 12.0. The maximum Gasteiger partial charge on any atom is 0.329 e. The molecule has 0 spiro atoms. The predicted octanol–water partition coefficient (Wildman–Crippen LogP) is 3.44. The minimum absolute atomic E-state index is 0.0357. The van der Waals surface area contributed by atoms with Crippen molar-refractivity contribution < 1.29 is 4.92 Å². The van der Waals surface area contributed by atoms with E-state index in [0.29, 0.717) is 11.2 Å². The average molecular weight is 299 g/mol. The van der Waals surface area contributed by atoms with Gasteiger partial charge < -0.3 is 4.90 Å². The lowest BCUT2D eigenvalue weighted by molar-refractivity contribution is -0.384. The molecule has 0 radical (unpaired) electrons. The topological polar surface area (TPSA) is 72.2 Å². The van der Waals surface area contributed by atoms with E-state index in [1.165, 1.54) is 6.20 Å². The summed E-state index contributed by atoms with van der Waals surface area (Å²) >= 11 is 5.78. The van der Waals surface area contributed by atoms with Crippen LogP contribution < -0.4 is 4.90 Å². The number of aromatic nitrogens is 2. The highest BCUT2D eigenvalue weighted by atomic mass is 35.5. The van der Waals surface area contributed by atoms with E-state index in [2.05, 4.69) is 23.8 Å². The first-order valence-electron chi connectivity index (χ1n) is 6.70. The minimum atomic E-state index is -0.463. The first-order valence-corrected chi connectivity index (χ1v) is 7.08. The molecule has 1 saturated carbocycles. The molecule has 1 aromatic heterocycles. The van der Waals surface area contributed by atoms with Crippen molar-refractivity contribution in [2.75, 3.05) is 11.9 Å². The molecule has 6 nitrogen and oxygen atoms in total. The van der Waals surface area contributed by atoms with Gasteiger partial charge in [0.1, 0.15) is 6.20 Å².